The highest BCUT2D eigenvalue weighted by molar-refractivity contribution is 7.11. The van der Waals surface area contributed by atoms with Gasteiger partial charge in [-0.05, 0) is 19.4 Å². The van der Waals surface area contributed by atoms with Gasteiger partial charge >= 0.3 is 0 Å². The van der Waals surface area contributed by atoms with Crippen molar-refractivity contribution in [2.24, 2.45) is 0 Å². The summed E-state index contributed by atoms with van der Waals surface area (Å²) in [4.78, 5) is 5.74. The number of aromatic nitrogens is 1. The van der Waals surface area contributed by atoms with E-state index in [1.807, 2.05) is 6.20 Å². The molecule has 0 aliphatic heterocycles. The van der Waals surface area contributed by atoms with Crippen molar-refractivity contribution < 1.29 is 0 Å². The van der Waals surface area contributed by atoms with Crippen LogP contribution in [0.2, 0.25) is 0 Å². The number of rotatable bonds is 6. The Morgan fingerprint density at radius 3 is 2.76 bits per heavy atom. The maximum atomic E-state index is 8.40. The van der Waals surface area contributed by atoms with Gasteiger partial charge in [0.1, 0.15) is 0 Å². The summed E-state index contributed by atoms with van der Waals surface area (Å²) in [7, 11) is 0. The average Bonchev–Trinajstić information content (AvgIpc) is 2.71. The SMILES string of the molecule is CC(C)(C)c1ncc(CNCCCCC#N)s1. The first-order valence-electron chi connectivity index (χ1n) is 6.07. The van der Waals surface area contributed by atoms with Crippen LogP contribution in [0.25, 0.3) is 0 Å². The third-order valence-corrected chi connectivity index (χ3v) is 3.81. The Labute approximate surface area is 108 Å². The van der Waals surface area contributed by atoms with E-state index >= 15 is 0 Å². The van der Waals surface area contributed by atoms with Gasteiger partial charge in [0.2, 0.25) is 0 Å². The number of thiazole rings is 1. The maximum absolute atomic E-state index is 8.40. The quantitative estimate of drug-likeness (QED) is 0.790. The van der Waals surface area contributed by atoms with Crippen molar-refractivity contribution in [1.82, 2.24) is 10.3 Å². The van der Waals surface area contributed by atoms with E-state index in [0.29, 0.717) is 6.42 Å². The molecule has 0 unspecified atom stereocenters. The van der Waals surface area contributed by atoms with Crippen LogP contribution in [0.15, 0.2) is 6.20 Å². The first kappa shape index (κ1) is 14.1. The van der Waals surface area contributed by atoms with Crippen LogP contribution in [0.3, 0.4) is 0 Å². The van der Waals surface area contributed by atoms with Gasteiger partial charge in [-0.1, -0.05) is 20.8 Å². The van der Waals surface area contributed by atoms with Gasteiger partial charge in [-0.3, -0.25) is 0 Å². The lowest BCUT2D eigenvalue weighted by molar-refractivity contribution is 0.585. The van der Waals surface area contributed by atoms with Crippen molar-refractivity contribution in [3.05, 3.63) is 16.1 Å². The van der Waals surface area contributed by atoms with Crippen molar-refractivity contribution in [2.45, 2.75) is 52.0 Å². The predicted octanol–water partition coefficient (Wildman–Crippen LogP) is 3.22. The van der Waals surface area contributed by atoms with E-state index in [9.17, 15) is 0 Å². The normalized spacial score (nSPS) is 11.4. The van der Waals surface area contributed by atoms with E-state index in [1.165, 1.54) is 9.88 Å². The van der Waals surface area contributed by atoms with E-state index in [4.69, 9.17) is 5.26 Å². The Bertz CT molecular complexity index is 371. The van der Waals surface area contributed by atoms with E-state index in [2.05, 4.69) is 37.1 Å². The monoisotopic (exact) mass is 251 g/mol. The van der Waals surface area contributed by atoms with E-state index in [0.717, 1.165) is 25.9 Å². The van der Waals surface area contributed by atoms with Crippen molar-refractivity contribution in [2.75, 3.05) is 6.54 Å². The van der Waals surface area contributed by atoms with Gasteiger partial charge in [0.05, 0.1) is 11.1 Å². The molecule has 1 heterocycles. The second-order valence-electron chi connectivity index (χ2n) is 5.17. The maximum Gasteiger partial charge on any atom is 0.0981 e. The molecule has 0 spiro atoms. The Balaban J connectivity index is 2.24. The molecule has 1 aromatic rings. The van der Waals surface area contributed by atoms with Gasteiger partial charge in [-0.25, -0.2) is 4.98 Å². The highest BCUT2D eigenvalue weighted by Crippen LogP contribution is 2.26. The number of nitrogens with zero attached hydrogens (tertiary/aromatic N) is 2. The lowest BCUT2D eigenvalue weighted by atomic mass is 9.98. The third-order valence-electron chi connectivity index (χ3n) is 2.39. The molecule has 0 aromatic carbocycles. The molecule has 4 heteroatoms. The Morgan fingerprint density at radius 2 is 2.18 bits per heavy atom. The molecule has 94 valence electrons. The van der Waals surface area contributed by atoms with Crippen LogP contribution in [0, 0.1) is 11.3 Å². The zero-order valence-electron chi connectivity index (χ0n) is 10.9. The Hall–Kier alpha value is -0.920. The molecule has 1 rings (SSSR count). The molecule has 0 fully saturated rings. The van der Waals surface area contributed by atoms with E-state index < -0.39 is 0 Å². The lowest BCUT2D eigenvalue weighted by Crippen LogP contribution is -2.13. The first-order valence-corrected chi connectivity index (χ1v) is 6.88. The smallest absolute Gasteiger partial charge is 0.0981 e. The molecule has 0 radical (unpaired) electrons. The minimum Gasteiger partial charge on any atom is -0.312 e. The molecule has 0 aliphatic rings. The largest absolute Gasteiger partial charge is 0.312 e. The summed E-state index contributed by atoms with van der Waals surface area (Å²) in [6.45, 7) is 8.42. The Morgan fingerprint density at radius 1 is 1.41 bits per heavy atom. The second kappa shape index (κ2) is 6.73. The molecular formula is C13H21N3S. The first-order chi connectivity index (χ1) is 8.04. The fraction of sp³-hybridized carbons (Fsp3) is 0.692. The summed E-state index contributed by atoms with van der Waals surface area (Å²) in [5, 5.41) is 13.0. The standard InChI is InChI=1S/C13H21N3S/c1-13(2,3)12-16-10-11(17-12)9-15-8-6-4-5-7-14/h10,15H,4-6,8-9H2,1-3H3. The summed E-state index contributed by atoms with van der Waals surface area (Å²) in [6.07, 6.45) is 4.68. The number of nitriles is 1. The summed E-state index contributed by atoms with van der Waals surface area (Å²) >= 11 is 1.78. The van der Waals surface area contributed by atoms with Crippen LogP contribution in [0.5, 0.6) is 0 Å². The number of nitrogens with one attached hydrogen (secondary N) is 1. The average molecular weight is 251 g/mol. The van der Waals surface area contributed by atoms with Crippen LogP contribution in [-0.4, -0.2) is 11.5 Å². The van der Waals surface area contributed by atoms with Crippen LogP contribution in [0.4, 0.5) is 0 Å². The highest BCUT2D eigenvalue weighted by atomic mass is 32.1. The summed E-state index contributed by atoms with van der Waals surface area (Å²) in [5.41, 5.74) is 0.149. The molecule has 0 saturated heterocycles. The van der Waals surface area contributed by atoms with Gasteiger partial charge in [0, 0.05) is 29.5 Å². The lowest BCUT2D eigenvalue weighted by Gasteiger charge is -2.13. The Kier molecular flexibility index (Phi) is 5.60. The molecule has 1 aromatic heterocycles. The van der Waals surface area contributed by atoms with Gasteiger partial charge in [-0.15, -0.1) is 11.3 Å². The van der Waals surface area contributed by atoms with Gasteiger partial charge < -0.3 is 5.32 Å². The number of hydrogen-bond acceptors (Lipinski definition) is 4. The third kappa shape index (κ3) is 5.29. The van der Waals surface area contributed by atoms with Crippen LogP contribution in [-0.2, 0) is 12.0 Å². The molecule has 0 saturated carbocycles. The molecule has 0 bridgehead atoms. The fourth-order valence-electron chi connectivity index (χ4n) is 1.40. The highest BCUT2D eigenvalue weighted by Gasteiger charge is 2.17. The minimum absolute atomic E-state index is 0.149. The second-order valence-corrected chi connectivity index (χ2v) is 6.29. The minimum atomic E-state index is 0.149. The van der Waals surface area contributed by atoms with Crippen LogP contribution in [0.1, 0.15) is 49.9 Å². The van der Waals surface area contributed by atoms with Crippen molar-refractivity contribution >= 4 is 11.3 Å². The zero-order valence-corrected chi connectivity index (χ0v) is 11.7. The van der Waals surface area contributed by atoms with Crippen LogP contribution >= 0.6 is 11.3 Å². The van der Waals surface area contributed by atoms with Gasteiger partial charge in [0.25, 0.3) is 0 Å². The van der Waals surface area contributed by atoms with Crippen molar-refractivity contribution in [3.63, 3.8) is 0 Å². The summed E-state index contributed by atoms with van der Waals surface area (Å²) in [5.74, 6) is 0. The van der Waals surface area contributed by atoms with Gasteiger partial charge in [0.15, 0.2) is 0 Å². The van der Waals surface area contributed by atoms with E-state index in [-0.39, 0.29) is 5.41 Å². The fourth-order valence-corrected chi connectivity index (χ4v) is 2.34. The van der Waals surface area contributed by atoms with Crippen LogP contribution < -0.4 is 5.32 Å². The molecule has 0 aliphatic carbocycles. The van der Waals surface area contributed by atoms with E-state index in [1.54, 1.807) is 11.3 Å². The predicted molar refractivity (Wildman–Crippen MR) is 72.0 cm³/mol. The van der Waals surface area contributed by atoms with Crippen molar-refractivity contribution in [1.29, 1.82) is 5.26 Å². The summed E-state index contributed by atoms with van der Waals surface area (Å²) < 4.78 is 0. The topological polar surface area (TPSA) is 48.7 Å². The number of unbranched alkanes of at least 4 members (excludes halogenated alkanes) is 2. The van der Waals surface area contributed by atoms with Gasteiger partial charge in [-0.2, -0.15) is 5.26 Å². The molecule has 3 nitrogen and oxygen atoms in total. The molecule has 17 heavy (non-hydrogen) atoms. The summed E-state index contributed by atoms with van der Waals surface area (Å²) in [6, 6.07) is 2.16. The number of hydrogen-bond donors (Lipinski definition) is 1. The molecule has 0 amide bonds. The molecular weight excluding hydrogens is 230 g/mol. The van der Waals surface area contributed by atoms with Crippen molar-refractivity contribution in [3.8, 4) is 6.07 Å². The molecule has 1 N–H and O–H groups in total. The molecule has 0 atom stereocenters. The zero-order chi connectivity index (χ0) is 12.7.